The second-order valence-electron chi connectivity index (χ2n) is 13.4. The fourth-order valence-electron chi connectivity index (χ4n) is 5.24. The molecule has 0 saturated carbocycles. The molecule has 0 aromatic heterocycles. The first kappa shape index (κ1) is 49.9. The molecule has 0 amide bonds. The molecular formula is C41H73O10P. The van der Waals surface area contributed by atoms with E-state index in [2.05, 4.69) is 30.5 Å². The van der Waals surface area contributed by atoms with Crippen molar-refractivity contribution >= 4 is 19.8 Å². The van der Waals surface area contributed by atoms with Crippen molar-refractivity contribution in [2.24, 2.45) is 0 Å². The van der Waals surface area contributed by atoms with Crippen LogP contribution < -0.4 is 0 Å². The molecule has 0 aliphatic heterocycles. The number of phosphoric acid groups is 1. The molecule has 0 fully saturated rings. The monoisotopic (exact) mass is 756 g/mol. The van der Waals surface area contributed by atoms with Gasteiger partial charge in [-0.3, -0.25) is 18.6 Å². The van der Waals surface area contributed by atoms with Gasteiger partial charge in [0.15, 0.2) is 6.10 Å². The molecule has 52 heavy (non-hydrogen) atoms. The molecule has 0 aromatic rings. The average Bonchev–Trinajstić information content (AvgIpc) is 3.13. The molecule has 0 radical (unpaired) electrons. The van der Waals surface area contributed by atoms with Crippen LogP contribution in [0.2, 0.25) is 0 Å². The zero-order valence-electron chi connectivity index (χ0n) is 32.5. The lowest BCUT2D eigenvalue weighted by molar-refractivity contribution is -0.161. The number of unbranched alkanes of at least 4 members (excludes halogenated alkanes) is 18. The number of allylic oxidation sites excluding steroid dienone is 8. The van der Waals surface area contributed by atoms with Crippen molar-refractivity contribution in [1.29, 1.82) is 0 Å². The summed E-state index contributed by atoms with van der Waals surface area (Å²) in [5.74, 6) is -0.952. The summed E-state index contributed by atoms with van der Waals surface area (Å²) in [5, 5.41) is 18.3. The Labute approximate surface area is 315 Å². The van der Waals surface area contributed by atoms with Crippen molar-refractivity contribution in [1.82, 2.24) is 0 Å². The molecule has 0 spiro atoms. The van der Waals surface area contributed by atoms with Gasteiger partial charge >= 0.3 is 19.8 Å². The maximum absolute atomic E-state index is 12.6. The molecule has 0 heterocycles. The van der Waals surface area contributed by atoms with E-state index in [1.54, 1.807) is 0 Å². The quantitative estimate of drug-likeness (QED) is 0.0242. The van der Waals surface area contributed by atoms with Crippen molar-refractivity contribution in [2.75, 3.05) is 26.4 Å². The van der Waals surface area contributed by atoms with Gasteiger partial charge in [-0.25, -0.2) is 4.57 Å². The number of rotatable bonds is 37. The van der Waals surface area contributed by atoms with Gasteiger partial charge in [0, 0.05) is 12.8 Å². The van der Waals surface area contributed by atoms with Crippen LogP contribution in [-0.4, -0.2) is 65.7 Å². The molecule has 302 valence electrons. The number of carbonyl (C=O) groups excluding carboxylic acids is 2. The van der Waals surface area contributed by atoms with Crippen molar-refractivity contribution in [2.45, 2.75) is 174 Å². The molecule has 0 saturated heterocycles. The van der Waals surface area contributed by atoms with Gasteiger partial charge in [-0.15, -0.1) is 0 Å². The molecule has 0 aliphatic carbocycles. The fraction of sp³-hybridized carbons (Fsp3) is 0.756. The third kappa shape index (κ3) is 36.3. The first-order valence-electron chi connectivity index (χ1n) is 20.1. The third-order valence-corrected chi connectivity index (χ3v) is 9.29. The van der Waals surface area contributed by atoms with Crippen LogP contribution in [0.1, 0.15) is 162 Å². The van der Waals surface area contributed by atoms with Crippen LogP contribution in [-0.2, 0) is 32.7 Å². The van der Waals surface area contributed by atoms with Gasteiger partial charge in [-0.05, 0) is 32.1 Å². The highest BCUT2D eigenvalue weighted by Crippen LogP contribution is 2.43. The Morgan fingerprint density at radius 2 is 1.06 bits per heavy atom. The zero-order chi connectivity index (χ0) is 38.4. The molecule has 0 aromatic carbocycles. The Balaban J connectivity index is 4.38. The number of hydrogen-bond acceptors (Lipinski definition) is 9. The number of carbonyl (C=O) groups is 2. The summed E-state index contributed by atoms with van der Waals surface area (Å²) in [6.07, 6.45) is 37.9. The van der Waals surface area contributed by atoms with E-state index >= 15 is 0 Å². The first-order valence-corrected chi connectivity index (χ1v) is 21.6. The highest BCUT2D eigenvalue weighted by molar-refractivity contribution is 7.47. The molecule has 3 N–H and O–H groups in total. The standard InChI is InChI=1S/C41H73O10P/c1-3-5-7-9-11-13-15-17-19-21-22-24-26-28-30-32-40(44)48-36-39(37-50-52(46,47)49-35-38(43)34-42)51-41(45)33-31-29-27-25-23-20-18-16-14-12-10-8-6-4-2/h5,7,9,11,13,15,17,19,38-39,42-43H,3-4,6,8,10,12,14,16,18,20-37H2,1-2H3,(H,46,47)/b7-5+,11-9+,15-13+,19-17+/t38-,39+/m0/s1. The summed E-state index contributed by atoms with van der Waals surface area (Å²) in [6, 6.07) is 0. The molecular weight excluding hydrogens is 683 g/mol. The average molecular weight is 757 g/mol. The van der Waals surface area contributed by atoms with Gasteiger partial charge in [-0.2, -0.15) is 0 Å². The van der Waals surface area contributed by atoms with Crippen molar-refractivity contribution in [3.8, 4) is 0 Å². The van der Waals surface area contributed by atoms with Gasteiger partial charge in [0.05, 0.1) is 19.8 Å². The molecule has 1 unspecified atom stereocenters. The predicted octanol–water partition coefficient (Wildman–Crippen LogP) is 10.2. The van der Waals surface area contributed by atoms with Crippen LogP contribution in [0.15, 0.2) is 48.6 Å². The maximum atomic E-state index is 12.6. The summed E-state index contributed by atoms with van der Waals surface area (Å²) >= 11 is 0. The second-order valence-corrected chi connectivity index (χ2v) is 14.8. The zero-order valence-corrected chi connectivity index (χ0v) is 33.4. The Morgan fingerprint density at radius 1 is 0.596 bits per heavy atom. The summed E-state index contributed by atoms with van der Waals surface area (Å²) in [5.41, 5.74) is 0. The lowest BCUT2D eigenvalue weighted by Crippen LogP contribution is -2.29. The van der Waals surface area contributed by atoms with Crippen LogP contribution in [0.5, 0.6) is 0 Å². The van der Waals surface area contributed by atoms with Gasteiger partial charge in [0.2, 0.25) is 0 Å². The number of aliphatic hydroxyl groups excluding tert-OH is 2. The molecule has 10 nitrogen and oxygen atoms in total. The highest BCUT2D eigenvalue weighted by atomic mass is 31.2. The predicted molar refractivity (Wildman–Crippen MR) is 210 cm³/mol. The minimum absolute atomic E-state index is 0.180. The summed E-state index contributed by atoms with van der Waals surface area (Å²) in [7, 11) is -4.62. The van der Waals surface area contributed by atoms with Crippen LogP contribution in [0.4, 0.5) is 0 Å². The molecule has 0 aliphatic rings. The summed E-state index contributed by atoms with van der Waals surface area (Å²) in [4.78, 5) is 34.9. The SMILES string of the molecule is CC/C=C/C=C/C=C/C=C/CCCCCCCC(=O)OC[C@H](COP(=O)(O)OC[C@@H](O)CO)OC(=O)CCCCCCCCCCCCCCCC. The van der Waals surface area contributed by atoms with E-state index in [0.29, 0.717) is 12.8 Å². The van der Waals surface area contributed by atoms with Crippen LogP contribution in [0.25, 0.3) is 0 Å². The molecule has 0 bridgehead atoms. The Hall–Kier alpha value is -2.07. The smallest absolute Gasteiger partial charge is 0.462 e. The minimum Gasteiger partial charge on any atom is -0.462 e. The van der Waals surface area contributed by atoms with E-state index in [-0.39, 0.29) is 19.4 Å². The van der Waals surface area contributed by atoms with E-state index in [9.17, 15) is 24.2 Å². The number of phosphoric ester groups is 1. The topological polar surface area (TPSA) is 149 Å². The van der Waals surface area contributed by atoms with Crippen molar-refractivity contribution in [3.05, 3.63) is 48.6 Å². The van der Waals surface area contributed by atoms with Crippen LogP contribution in [0.3, 0.4) is 0 Å². The Bertz CT molecular complexity index is 1010. The van der Waals surface area contributed by atoms with Crippen LogP contribution >= 0.6 is 7.82 Å². The van der Waals surface area contributed by atoms with E-state index in [1.165, 1.54) is 64.2 Å². The molecule has 3 atom stereocenters. The highest BCUT2D eigenvalue weighted by Gasteiger charge is 2.27. The summed E-state index contributed by atoms with van der Waals surface area (Å²) in [6.45, 7) is 2.20. The maximum Gasteiger partial charge on any atom is 0.472 e. The lowest BCUT2D eigenvalue weighted by atomic mass is 10.0. The van der Waals surface area contributed by atoms with E-state index in [1.807, 2.05) is 36.5 Å². The normalized spacial score (nSPS) is 14.5. The van der Waals surface area contributed by atoms with Crippen molar-refractivity contribution < 1.29 is 47.8 Å². The third-order valence-electron chi connectivity index (χ3n) is 8.34. The largest absolute Gasteiger partial charge is 0.472 e. The minimum atomic E-state index is -4.62. The van der Waals surface area contributed by atoms with Gasteiger partial charge in [0.25, 0.3) is 0 Å². The number of aliphatic hydroxyl groups is 2. The molecule has 0 rings (SSSR count). The lowest BCUT2D eigenvalue weighted by Gasteiger charge is -2.20. The van der Waals surface area contributed by atoms with Gasteiger partial charge in [0.1, 0.15) is 12.7 Å². The van der Waals surface area contributed by atoms with Gasteiger partial charge < -0.3 is 24.6 Å². The van der Waals surface area contributed by atoms with E-state index < -0.39 is 51.8 Å². The molecule has 11 heteroatoms. The Morgan fingerprint density at radius 3 is 1.60 bits per heavy atom. The number of esters is 2. The van der Waals surface area contributed by atoms with Gasteiger partial charge in [-0.1, -0.05) is 165 Å². The van der Waals surface area contributed by atoms with E-state index in [0.717, 1.165) is 57.8 Å². The van der Waals surface area contributed by atoms with Crippen LogP contribution in [0, 0.1) is 0 Å². The number of ether oxygens (including phenoxy) is 2. The summed E-state index contributed by atoms with van der Waals surface area (Å²) < 4.78 is 32.6. The first-order chi connectivity index (χ1) is 25.2. The van der Waals surface area contributed by atoms with Crippen molar-refractivity contribution in [3.63, 3.8) is 0 Å². The fourth-order valence-corrected chi connectivity index (χ4v) is 6.03. The Kier molecular flexibility index (Phi) is 35.8. The second kappa shape index (κ2) is 37.3. The van der Waals surface area contributed by atoms with E-state index in [4.69, 9.17) is 19.1 Å². The number of hydrogen-bond donors (Lipinski definition) is 3.